The third-order valence-electron chi connectivity index (χ3n) is 4.52. The van der Waals surface area contributed by atoms with Gasteiger partial charge in [-0.05, 0) is 43.2 Å². The number of benzene rings is 2. The highest BCUT2D eigenvalue weighted by molar-refractivity contribution is 5.93. The van der Waals surface area contributed by atoms with Crippen molar-refractivity contribution < 1.29 is 9.53 Å². The lowest BCUT2D eigenvalue weighted by Gasteiger charge is -2.15. The highest BCUT2D eigenvalue weighted by Gasteiger charge is 2.15. The first kappa shape index (κ1) is 17.9. The normalized spacial score (nSPS) is 10.9. The SMILES string of the molecule is CCC(CC)c1nc(Nc2cccc(C(=O)OC)c2)c2ccccc2n1. The van der Waals surface area contributed by atoms with E-state index < -0.39 is 0 Å². The zero-order chi connectivity index (χ0) is 18.5. The summed E-state index contributed by atoms with van der Waals surface area (Å²) in [6.07, 6.45) is 1.98. The topological polar surface area (TPSA) is 64.1 Å². The van der Waals surface area contributed by atoms with E-state index >= 15 is 0 Å². The second-order valence-corrected chi connectivity index (χ2v) is 6.16. The fraction of sp³-hybridized carbons (Fsp3) is 0.286. The highest BCUT2D eigenvalue weighted by atomic mass is 16.5. The van der Waals surface area contributed by atoms with Crippen LogP contribution >= 0.6 is 0 Å². The Morgan fingerprint density at radius 3 is 2.58 bits per heavy atom. The van der Waals surface area contributed by atoms with Crippen molar-refractivity contribution >= 4 is 28.4 Å². The largest absolute Gasteiger partial charge is 0.465 e. The molecule has 5 nitrogen and oxygen atoms in total. The Hall–Kier alpha value is -2.95. The van der Waals surface area contributed by atoms with E-state index in [1.165, 1.54) is 7.11 Å². The number of aromatic nitrogens is 2. The number of nitrogens with zero attached hydrogens (tertiary/aromatic N) is 2. The van der Waals surface area contributed by atoms with Crippen LogP contribution in [0.2, 0.25) is 0 Å². The van der Waals surface area contributed by atoms with Crippen molar-refractivity contribution in [3.63, 3.8) is 0 Å². The Bertz CT molecular complexity index is 920. The van der Waals surface area contributed by atoms with Crippen molar-refractivity contribution in [3.05, 3.63) is 59.9 Å². The summed E-state index contributed by atoms with van der Waals surface area (Å²) in [6, 6.07) is 15.2. The predicted octanol–water partition coefficient (Wildman–Crippen LogP) is 5.06. The molecule has 0 saturated carbocycles. The van der Waals surface area contributed by atoms with Gasteiger partial charge in [0.2, 0.25) is 0 Å². The number of carbonyl (C=O) groups is 1. The predicted molar refractivity (Wildman–Crippen MR) is 104 cm³/mol. The number of fused-ring (bicyclic) bond motifs is 1. The molecule has 3 aromatic rings. The van der Waals surface area contributed by atoms with Gasteiger partial charge >= 0.3 is 5.97 Å². The first-order valence-electron chi connectivity index (χ1n) is 8.88. The van der Waals surface area contributed by atoms with E-state index in [0.717, 1.165) is 41.1 Å². The van der Waals surface area contributed by atoms with E-state index in [9.17, 15) is 4.79 Å². The van der Waals surface area contributed by atoms with Crippen molar-refractivity contribution in [2.75, 3.05) is 12.4 Å². The van der Waals surface area contributed by atoms with Crippen LogP contribution in [0.5, 0.6) is 0 Å². The van der Waals surface area contributed by atoms with E-state index in [1.807, 2.05) is 36.4 Å². The fourth-order valence-corrected chi connectivity index (χ4v) is 3.00. The number of para-hydroxylation sites is 1. The van der Waals surface area contributed by atoms with Gasteiger partial charge in [0.1, 0.15) is 11.6 Å². The van der Waals surface area contributed by atoms with Crippen LogP contribution in [0, 0.1) is 0 Å². The molecule has 134 valence electrons. The van der Waals surface area contributed by atoms with E-state index in [2.05, 4.69) is 19.2 Å². The quantitative estimate of drug-likeness (QED) is 0.630. The van der Waals surface area contributed by atoms with E-state index in [4.69, 9.17) is 14.7 Å². The van der Waals surface area contributed by atoms with Crippen LogP contribution in [0.4, 0.5) is 11.5 Å². The molecule has 3 rings (SSSR count). The molecule has 0 aliphatic rings. The van der Waals surface area contributed by atoms with Crippen molar-refractivity contribution in [3.8, 4) is 0 Å². The maximum atomic E-state index is 11.8. The Balaban J connectivity index is 2.05. The Labute approximate surface area is 153 Å². The number of ether oxygens (including phenoxy) is 1. The molecule has 0 amide bonds. The van der Waals surface area contributed by atoms with Crippen molar-refractivity contribution in [2.24, 2.45) is 0 Å². The molecule has 0 aliphatic carbocycles. The third kappa shape index (κ3) is 3.67. The van der Waals surface area contributed by atoms with E-state index in [0.29, 0.717) is 11.5 Å². The number of esters is 1. The first-order chi connectivity index (χ1) is 12.7. The molecule has 1 N–H and O–H groups in total. The van der Waals surface area contributed by atoms with Crippen LogP contribution in [0.3, 0.4) is 0 Å². The molecule has 0 spiro atoms. The summed E-state index contributed by atoms with van der Waals surface area (Å²) in [5, 5.41) is 4.30. The minimum absolute atomic E-state index is 0.321. The first-order valence-corrected chi connectivity index (χ1v) is 8.88. The van der Waals surface area contributed by atoms with Crippen LogP contribution in [-0.4, -0.2) is 23.0 Å². The smallest absolute Gasteiger partial charge is 0.337 e. The van der Waals surface area contributed by atoms with Gasteiger partial charge in [0.25, 0.3) is 0 Å². The van der Waals surface area contributed by atoms with Gasteiger partial charge in [-0.3, -0.25) is 0 Å². The lowest BCUT2D eigenvalue weighted by atomic mass is 10.0. The second-order valence-electron chi connectivity index (χ2n) is 6.16. The summed E-state index contributed by atoms with van der Waals surface area (Å²) in [5.41, 5.74) is 2.19. The van der Waals surface area contributed by atoms with Gasteiger partial charge in [0, 0.05) is 17.0 Å². The van der Waals surface area contributed by atoms with Gasteiger partial charge in [0.15, 0.2) is 0 Å². The average Bonchev–Trinajstić information content (AvgIpc) is 2.68. The molecule has 0 bridgehead atoms. The van der Waals surface area contributed by atoms with Gasteiger partial charge in [-0.1, -0.05) is 32.0 Å². The van der Waals surface area contributed by atoms with Crippen LogP contribution in [0.25, 0.3) is 10.9 Å². The molecular weight excluding hydrogens is 326 g/mol. The average molecular weight is 349 g/mol. The van der Waals surface area contributed by atoms with Gasteiger partial charge in [-0.2, -0.15) is 0 Å². The van der Waals surface area contributed by atoms with Gasteiger partial charge < -0.3 is 10.1 Å². The summed E-state index contributed by atoms with van der Waals surface area (Å²) in [7, 11) is 1.38. The minimum atomic E-state index is -0.362. The van der Waals surface area contributed by atoms with Crippen LogP contribution in [0.1, 0.15) is 48.8 Å². The summed E-state index contributed by atoms with van der Waals surface area (Å²) < 4.78 is 4.80. The zero-order valence-electron chi connectivity index (χ0n) is 15.3. The van der Waals surface area contributed by atoms with Crippen molar-refractivity contribution in [1.82, 2.24) is 9.97 Å². The number of hydrogen-bond donors (Lipinski definition) is 1. The van der Waals surface area contributed by atoms with E-state index in [-0.39, 0.29) is 5.97 Å². The van der Waals surface area contributed by atoms with Crippen molar-refractivity contribution in [2.45, 2.75) is 32.6 Å². The van der Waals surface area contributed by atoms with Gasteiger partial charge in [-0.25, -0.2) is 14.8 Å². The number of methoxy groups -OCH3 is 1. The lowest BCUT2D eigenvalue weighted by Crippen LogP contribution is -2.07. The lowest BCUT2D eigenvalue weighted by molar-refractivity contribution is 0.0601. The third-order valence-corrected chi connectivity index (χ3v) is 4.52. The molecule has 0 fully saturated rings. The Morgan fingerprint density at radius 1 is 1.08 bits per heavy atom. The van der Waals surface area contributed by atoms with Gasteiger partial charge in [0.05, 0.1) is 18.2 Å². The summed E-state index contributed by atoms with van der Waals surface area (Å²) >= 11 is 0. The molecule has 0 saturated heterocycles. The molecule has 0 radical (unpaired) electrons. The molecule has 0 atom stereocenters. The highest BCUT2D eigenvalue weighted by Crippen LogP contribution is 2.28. The van der Waals surface area contributed by atoms with Crippen LogP contribution < -0.4 is 5.32 Å². The molecule has 26 heavy (non-hydrogen) atoms. The molecule has 0 aliphatic heterocycles. The standard InChI is InChI=1S/C21H23N3O2/c1-4-14(5-2)19-23-18-12-7-6-11-17(18)20(24-19)22-16-10-8-9-15(13-16)21(25)26-3/h6-14H,4-5H2,1-3H3,(H,22,23,24). The number of rotatable bonds is 6. The summed E-state index contributed by atoms with van der Waals surface area (Å²) in [6.45, 7) is 4.30. The zero-order valence-corrected chi connectivity index (χ0v) is 15.3. The molecule has 1 aromatic heterocycles. The monoisotopic (exact) mass is 349 g/mol. The maximum Gasteiger partial charge on any atom is 0.337 e. The maximum absolute atomic E-state index is 11.8. The summed E-state index contributed by atoms with van der Waals surface area (Å²) in [5.74, 6) is 1.56. The van der Waals surface area contributed by atoms with Crippen molar-refractivity contribution in [1.29, 1.82) is 0 Å². The van der Waals surface area contributed by atoms with Gasteiger partial charge in [-0.15, -0.1) is 0 Å². The number of anilines is 2. The molecule has 2 aromatic carbocycles. The van der Waals surface area contributed by atoms with E-state index in [1.54, 1.807) is 12.1 Å². The van der Waals surface area contributed by atoms with Crippen LogP contribution in [-0.2, 0) is 4.74 Å². The molecular formula is C21H23N3O2. The number of carbonyl (C=O) groups excluding carboxylic acids is 1. The number of nitrogens with one attached hydrogen (secondary N) is 1. The molecule has 5 heteroatoms. The fourth-order valence-electron chi connectivity index (χ4n) is 3.00. The van der Waals surface area contributed by atoms with Crippen LogP contribution in [0.15, 0.2) is 48.5 Å². The minimum Gasteiger partial charge on any atom is -0.465 e. The molecule has 1 heterocycles. The Kier molecular flexibility index (Phi) is 5.46. The number of hydrogen-bond acceptors (Lipinski definition) is 5. The molecule has 0 unspecified atom stereocenters. The Morgan fingerprint density at radius 2 is 1.85 bits per heavy atom. The second kappa shape index (κ2) is 7.95. The summed E-state index contributed by atoms with van der Waals surface area (Å²) in [4.78, 5) is 21.3.